The first-order valence-corrected chi connectivity index (χ1v) is 26.0. The SMILES string of the molecule is CC[C@H](C)[C@H](NC(=O)[C@@H](N)Cc1ccccc1)C(=O)N[C@H](C(=O)N[C@@H](CO)C(=O)N[C@@H](C)C(=O)N[C@@H](Cc1cnc[nH]1)C(=O)NCC(=O)N[C@@H](CC(=O)O)C(=O)N[C@@H](Cc1cnc[nH]1)C(=O)NCC(=O)N[C@H](C(=O)O)C(C)C)C(C)C. The number of benzene rings is 1. The number of amides is 10. The number of aromatic nitrogens is 4. The van der Waals surface area contributed by atoms with Crippen molar-refractivity contribution in [1.29, 1.82) is 0 Å². The normalized spacial score (nSPS) is 14.8. The van der Waals surface area contributed by atoms with Crippen molar-refractivity contribution in [3.05, 3.63) is 72.3 Å². The summed E-state index contributed by atoms with van der Waals surface area (Å²) < 4.78 is 0. The zero-order valence-electron chi connectivity index (χ0n) is 46.0. The molecule has 17 N–H and O–H groups in total. The van der Waals surface area contributed by atoms with Gasteiger partial charge in [0.15, 0.2) is 0 Å². The lowest BCUT2D eigenvalue weighted by atomic mass is 9.95. The molecule has 0 aliphatic carbocycles. The first-order valence-electron chi connectivity index (χ1n) is 26.0. The summed E-state index contributed by atoms with van der Waals surface area (Å²) in [4.78, 5) is 171. The van der Waals surface area contributed by atoms with Crippen LogP contribution < -0.4 is 58.9 Å². The number of carboxylic acid groups (broad SMARTS) is 2. The number of hydrogen-bond donors (Lipinski definition) is 16. The Labute approximate surface area is 466 Å². The second-order valence-electron chi connectivity index (χ2n) is 19.8. The predicted octanol–water partition coefficient (Wildman–Crippen LogP) is -4.47. The van der Waals surface area contributed by atoms with Gasteiger partial charge in [-0.1, -0.05) is 78.3 Å². The fraction of sp³-hybridized carbons (Fsp3) is 0.529. The second-order valence-corrected chi connectivity index (χ2v) is 19.8. The molecule has 81 heavy (non-hydrogen) atoms. The number of rotatable bonds is 34. The third-order valence-corrected chi connectivity index (χ3v) is 12.6. The maximum atomic E-state index is 13.7. The van der Waals surface area contributed by atoms with Crippen LogP contribution in [0.2, 0.25) is 0 Å². The summed E-state index contributed by atoms with van der Waals surface area (Å²) >= 11 is 0. The van der Waals surface area contributed by atoms with Gasteiger partial charge < -0.3 is 84.2 Å². The Hall–Kier alpha value is -8.80. The van der Waals surface area contributed by atoms with E-state index in [1.807, 2.05) is 25.1 Å². The van der Waals surface area contributed by atoms with E-state index in [4.69, 9.17) is 5.73 Å². The summed E-state index contributed by atoms with van der Waals surface area (Å²) in [5.41, 5.74) is 7.63. The zero-order valence-corrected chi connectivity index (χ0v) is 46.0. The summed E-state index contributed by atoms with van der Waals surface area (Å²) in [7, 11) is 0. The minimum atomic E-state index is -1.85. The second kappa shape index (κ2) is 32.9. The number of H-pyrrole nitrogens is 2. The maximum absolute atomic E-state index is 13.7. The average molecular weight is 1140 g/mol. The molecule has 444 valence electrons. The number of aliphatic hydroxyl groups is 1. The molecular weight excluding hydrogens is 1060 g/mol. The number of aliphatic carboxylic acids is 2. The predicted molar refractivity (Wildman–Crippen MR) is 286 cm³/mol. The summed E-state index contributed by atoms with van der Waals surface area (Å²) in [6.45, 7) is 8.55. The topological polar surface area (TPSA) is 469 Å². The van der Waals surface area contributed by atoms with Crippen LogP contribution in [0.3, 0.4) is 0 Å². The van der Waals surface area contributed by atoms with Gasteiger partial charge in [-0.15, -0.1) is 0 Å². The van der Waals surface area contributed by atoms with E-state index in [0.29, 0.717) is 17.8 Å². The summed E-state index contributed by atoms with van der Waals surface area (Å²) in [6.07, 6.45) is 4.33. The standard InChI is InChI=1S/C51H75N15O15/c1-8-27(6)42(66-44(73)32(52)14-29-12-10-9-11-13-29)50(79)65-40(25(2)3)49(78)63-36(22-67)48(77)59-28(7)43(72)61-33(15-30-18-53-23-57-30)45(74)55-20-37(68)60-35(17-39(70)71)47(76)62-34(16-31-19-54-24-58-31)46(75)56-21-38(69)64-41(26(4)5)51(80)81/h9-13,18-19,23-28,32-36,40-42,67H,8,14-17,20-22,52H2,1-7H3,(H,53,57)(H,54,58)(H,55,74)(H,56,75)(H,59,77)(H,60,68)(H,61,72)(H,62,76)(H,63,78)(H,64,69)(H,65,79)(H,66,73)(H,70,71)(H,80,81)/t27-,28-,32-,33-,34-,35-,36-,40-,41-,42-/m0/s1. The molecule has 0 saturated heterocycles. The van der Waals surface area contributed by atoms with E-state index in [2.05, 4.69) is 73.1 Å². The van der Waals surface area contributed by atoms with Crippen LogP contribution in [0.5, 0.6) is 0 Å². The van der Waals surface area contributed by atoms with Gasteiger partial charge in [-0.05, 0) is 36.7 Å². The molecule has 2 aromatic heterocycles. The van der Waals surface area contributed by atoms with Crippen molar-refractivity contribution in [2.75, 3.05) is 19.7 Å². The van der Waals surface area contributed by atoms with Crippen molar-refractivity contribution in [2.45, 2.75) is 135 Å². The van der Waals surface area contributed by atoms with E-state index in [1.54, 1.807) is 46.8 Å². The number of aromatic amines is 2. The highest BCUT2D eigenvalue weighted by molar-refractivity contribution is 5.99. The van der Waals surface area contributed by atoms with Gasteiger partial charge in [-0.3, -0.25) is 52.7 Å². The molecule has 0 unspecified atom stereocenters. The van der Waals surface area contributed by atoms with Gasteiger partial charge >= 0.3 is 11.9 Å². The van der Waals surface area contributed by atoms with E-state index < -0.39 is 169 Å². The van der Waals surface area contributed by atoms with Gasteiger partial charge in [-0.25, -0.2) is 14.8 Å². The molecule has 0 saturated carbocycles. The monoisotopic (exact) mass is 1140 g/mol. The lowest BCUT2D eigenvalue weighted by Crippen LogP contribution is -2.61. The van der Waals surface area contributed by atoms with Gasteiger partial charge in [0.1, 0.15) is 48.3 Å². The van der Waals surface area contributed by atoms with Crippen LogP contribution in [-0.2, 0) is 76.8 Å². The molecule has 0 radical (unpaired) electrons. The van der Waals surface area contributed by atoms with Crippen LogP contribution >= 0.6 is 0 Å². The molecule has 3 rings (SSSR count). The largest absolute Gasteiger partial charge is 0.481 e. The van der Waals surface area contributed by atoms with Crippen molar-refractivity contribution >= 4 is 71.0 Å². The summed E-state index contributed by atoms with van der Waals surface area (Å²) in [6, 6.07) is -3.56. The van der Waals surface area contributed by atoms with Gasteiger partial charge in [0.2, 0.25) is 59.1 Å². The summed E-state index contributed by atoms with van der Waals surface area (Å²) in [5.74, 6) is -13.6. The Balaban J connectivity index is 1.66. The number of nitrogens with one attached hydrogen (secondary N) is 12. The van der Waals surface area contributed by atoms with Crippen molar-refractivity contribution in [3.8, 4) is 0 Å². The number of carbonyl (C=O) groups excluding carboxylic acids is 10. The fourth-order valence-corrected chi connectivity index (χ4v) is 7.70. The van der Waals surface area contributed by atoms with E-state index in [9.17, 15) is 72.9 Å². The molecule has 30 heteroatoms. The Kier molecular flexibility index (Phi) is 27.0. The number of nitrogens with two attached hydrogens (primary N) is 1. The highest BCUT2D eigenvalue weighted by atomic mass is 16.4. The molecule has 2 heterocycles. The Morgan fingerprint density at radius 3 is 1.48 bits per heavy atom. The molecule has 0 aliphatic heterocycles. The van der Waals surface area contributed by atoms with Crippen LogP contribution in [0, 0.1) is 17.8 Å². The first-order chi connectivity index (χ1) is 38.2. The van der Waals surface area contributed by atoms with Crippen LogP contribution in [0.25, 0.3) is 0 Å². The molecule has 0 spiro atoms. The first kappa shape index (κ1) is 66.5. The van der Waals surface area contributed by atoms with E-state index in [1.165, 1.54) is 32.0 Å². The van der Waals surface area contributed by atoms with Crippen LogP contribution in [-0.4, -0.2) is 180 Å². The van der Waals surface area contributed by atoms with Crippen LogP contribution in [0.1, 0.15) is 78.3 Å². The third kappa shape index (κ3) is 22.5. The molecule has 10 atom stereocenters. The lowest BCUT2D eigenvalue weighted by Gasteiger charge is -2.29. The number of hydrogen-bond acceptors (Lipinski definition) is 16. The average Bonchev–Trinajstić information content (AvgIpc) is 4.15. The minimum Gasteiger partial charge on any atom is -0.481 e. The fourth-order valence-electron chi connectivity index (χ4n) is 7.70. The smallest absolute Gasteiger partial charge is 0.326 e. The minimum absolute atomic E-state index is 0.200. The Morgan fingerprint density at radius 1 is 0.531 bits per heavy atom. The number of aliphatic hydroxyl groups excluding tert-OH is 1. The molecule has 10 amide bonds. The molecule has 0 fully saturated rings. The molecule has 0 bridgehead atoms. The van der Waals surface area contributed by atoms with Crippen molar-refractivity contribution < 1.29 is 72.9 Å². The van der Waals surface area contributed by atoms with E-state index >= 15 is 0 Å². The molecule has 1 aromatic carbocycles. The number of imidazole rings is 2. The molecule has 30 nitrogen and oxygen atoms in total. The van der Waals surface area contributed by atoms with Gasteiger partial charge in [0, 0.05) is 36.6 Å². The summed E-state index contributed by atoms with van der Waals surface area (Å²) in [5, 5.41) is 53.2. The quantitative estimate of drug-likeness (QED) is 0.0268. The number of nitrogens with zero attached hydrogens (tertiary/aromatic N) is 2. The highest BCUT2D eigenvalue weighted by Crippen LogP contribution is 2.12. The Bertz CT molecular complexity index is 2620. The van der Waals surface area contributed by atoms with Crippen LogP contribution in [0.4, 0.5) is 0 Å². The van der Waals surface area contributed by atoms with Crippen molar-refractivity contribution in [1.82, 2.24) is 73.1 Å². The maximum Gasteiger partial charge on any atom is 0.326 e. The molecule has 0 aliphatic rings. The zero-order chi connectivity index (χ0) is 60.5. The van der Waals surface area contributed by atoms with E-state index in [-0.39, 0.29) is 19.3 Å². The molecule has 3 aromatic rings. The highest BCUT2D eigenvalue weighted by Gasteiger charge is 2.36. The number of carboxylic acids is 2. The van der Waals surface area contributed by atoms with Gasteiger partial charge in [-0.2, -0.15) is 0 Å². The van der Waals surface area contributed by atoms with Gasteiger partial charge in [0.05, 0.1) is 44.8 Å². The molecular formula is C51H75N15O15. The Morgan fingerprint density at radius 2 is 1.01 bits per heavy atom. The lowest BCUT2D eigenvalue weighted by molar-refractivity contribution is -0.143. The van der Waals surface area contributed by atoms with Crippen LogP contribution in [0.15, 0.2) is 55.4 Å². The van der Waals surface area contributed by atoms with E-state index in [0.717, 1.165) is 5.56 Å². The van der Waals surface area contributed by atoms with Gasteiger partial charge in [0.25, 0.3) is 0 Å². The van der Waals surface area contributed by atoms with Crippen molar-refractivity contribution in [3.63, 3.8) is 0 Å². The number of carbonyl (C=O) groups is 12. The third-order valence-electron chi connectivity index (χ3n) is 12.6. The van der Waals surface area contributed by atoms with Crippen molar-refractivity contribution in [2.24, 2.45) is 23.5 Å².